The average Bonchev–Trinajstić information content (AvgIpc) is 2.87. The van der Waals surface area contributed by atoms with E-state index in [0.29, 0.717) is 0 Å². The molecule has 0 aromatic heterocycles. The van der Waals surface area contributed by atoms with Gasteiger partial charge in [0.05, 0.1) is 0 Å². The van der Waals surface area contributed by atoms with Crippen molar-refractivity contribution in [1.29, 1.82) is 0 Å². The first-order valence-corrected chi connectivity index (χ1v) is 6.25. The molecular weight excluding hydrogens is 172 g/mol. The molecule has 14 heavy (non-hydrogen) atoms. The second kappa shape index (κ2) is 3.21. The van der Waals surface area contributed by atoms with Gasteiger partial charge in [-0.1, -0.05) is 0 Å². The zero-order valence-corrected chi connectivity index (χ0v) is 8.86. The van der Waals surface area contributed by atoms with Crippen molar-refractivity contribution in [1.82, 2.24) is 0 Å². The van der Waals surface area contributed by atoms with Crippen LogP contribution >= 0.6 is 0 Å². The Hall–Kier alpha value is -0.0800. The molecule has 3 aliphatic rings. The molecular formula is C12H22N2. The summed E-state index contributed by atoms with van der Waals surface area (Å²) in [5, 5.41) is 0. The first-order valence-electron chi connectivity index (χ1n) is 6.25. The number of nitrogens with two attached hydrogens (primary N) is 2. The fourth-order valence-electron chi connectivity index (χ4n) is 4.96. The summed E-state index contributed by atoms with van der Waals surface area (Å²) in [5.74, 6) is 5.69. The van der Waals surface area contributed by atoms with Crippen LogP contribution < -0.4 is 11.5 Å². The minimum Gasteiger partial charge on any atom is -0.330 e. The Kier molecular flexibility index (Phi) is 2.10. The van der Waals surface area contributed by atoms with Crippen LogP contribution in [0.5, 0.6) is 0 Å². The lowest BCUT2D eigenvalue weighted by atomic mass is 9.73. The van der Waals surface area contributed by atoms with Crippen LogP contribution in [-0.2, 0) is 0 Å². The van der Waals surface area contributed by atoms with Crippen LogP contribution in [0.3, 0.4) is 0 Å². The van der Waals surface area contributed by atoms with Gasteiger partial charge in [0.2, 0.25) is 0 Å². The van der Waals surface area contributed by atoms with E-state index in [1.807, 2.05) is 0 Å². The largest absolute Gasteiger partial charge is 0.330 e. The number of hydrogen-bond acceptors (Lipinski definition) is 2. The van der Waals surface area contributed by atoms with Gasteiger partial charge in [0.25, 0.3) is 0 Å². The molecule has 0 aromatic rings. The molecule has 2 bridgehead atoms. The average molecular weight is 194 g/mol. The predicted octanol–water partition coefficient (Wildman–Crippen LogP) is 1.20. The third kappa shape index (κ3) is 1.04. The highest BCUT2D eigenvalue weighted by Crippen LogP contribution is 2.62. The lowest BCUT2D eigenvalue weighted by molar-refractivity contribution is 0.166. The summed E-state index contributed by atoms with van der Waals surface area (Å²) in [6.07, 6.45) is 5.74. The van der Waals surface area contributed by atoms with E-state index in [0.717, 1.165) is 48.6 Å². The molecule has 3 fully saturated rings. The quantitative estimate of drug-likeness (QED) is 0.694. The van der Waals surface area contributed by atoms with Gasteiger partial charge in [0.15, 0.2) is 0 Å². The zero-order chi connectivity index (χ0) is 9.71. The molecule has 6 atom stereocenters. The van der Waals surface area contributed by atoms with E-state index in [1.165, 1.54) is 25.7 Å². The van der Waals surface area contributed by atoms with Crippen molar-refractivity contribution in [3.63, 3.8) is 0 Å². The van der Waals surface area contributed by atoms with E-state index >= 15 is 0 Å². The van der Waals surface area contributed by atoms with E-state index in [-0.39, 0.29) is 0 Å². The van der Waals surface area contributed by atoms with Gasteiger partial charge in [0, 0.05) is 0 Å². The van der Waals surface area contributed by atoms with Crippen molar-refractivity contribution in [3.8, 4) is 0 Å². The summed E-state index contributed by atoms with van der Waals surface area (Å²) in [7, 11) is 0. The Morgan fingerprint density at radius 3 is 2.36 bits per heavy atom. The molecule has 2 nitrogen and oxygen atoms in total. The minimum atomic E-state index is 0.855. The van der Waals surface area contributed by atoms with Gasteiger partial charge in [-0.25, -0.2) is 0 Å². The highest BCUT2D eigenvalue weighted by molar-refractivity contribution is 5.05. The molecule has 3 saturated carbocycles. The maximum absolute atomic E-state index is 5.86. The van der Waals surface area contributed by atoms with Crippen LogP contribution in [0.15, 0.2) is 0 Å². The maximum Gasteiger partial charge on any atom is -0.00460 e. The number of hydrogen-bond donors (Lipinski definition) is 2. The van der Waals surface area contributed by atoms with Gasteiger partial charge >= 0.3 is 0 Å². The van der Waals surface area contributed by atoms with E-state index in [4.69, 9.17) is 11.5 Å². The first kappa shape index (κ1) is 9.17. The molecule has 3 aliphatic carbocycles. The number of rotatable bonds is 2. The standard InChI is InChI=1S/C12H22N2/c13-5-7-1-2-10-11-4-8(12(7)10)3-9(11)6-14/h7-12H,1-6,13-14H2/t7?,8-,9?,10?,11-,12?/m0/s1. The highest BCUT2D eigenvalue weighted by Gasteiger charge is 2.56. The maximum atomic E-state index is 5.86. The van der Waals surface area contributed by atoms with Crippen LogP contribution in [0.25, 0.3) is 0 Å². The van der Waals surface area contributed by atoms with Crippen LogP contribution in [-0.4, -0.2) is 13.1 Å². The molecule has 80 valence electrons. The van der Waals surface area contributed by atoms with Crippen molar-refractivity contribution in [2.45, 2.75) is 25.7 Å². The summed E-state index contributed by atoms with van der Waals surface area (Å²) in [6.45, 7) is 1.86. The van der Waals surface area contributed by atoms with Crippen molar-refractivity contribution in [2.75, 3.05) is 13.1 Å². The van der Waals surface area contributed by atoms with E-state index in [1.54, 1.807) is 0 Å². The SMILES string of the molecule is NCC1CCC2C1[C@H]1CC(CN)[C@@H]2C1. The Bertz CT molecular complexity index is 226. The summed E-state index contributed by atoms with van der Waals surface area (Å²) in [4.78, 5) is 0. The van der Waals surface area contributed by atoms with Crippen molar-refractivity contribution in [2.24, 2.45) is 47.0 Å². The van der Waals surface area contributed by atoms with E-state index in [9.17, 15) is 0 Å². The number of fused-ring (bicyclic) bond motifs is 5. The van der Waals surface area contributed by atoms with Crippen molar-refractivity contribution >= 4 is 0 Å². The van der Waals surface area contributed by atoms with Crippen LogP contribution in [0.1, 0.15) is 25.7 Å². The zero-order valence-electron chi connectivity index (χ0n) is 8.86. The van der Waals surface area contributed by atoms with Gasteiger partial charge in [-0.3, -0.25) is 0 Å². The minimum absolute atomic E-state index is 0.855. The van der Waals surface area contributed by atoms with Crippen LogP contribution in [0.2, 0.25) is 0 Å². The molecule has 0 spiro atoms. The molecule has 0 amide bonds. The molecule has 4 N–H and O–H groups in total. The summed E-state index contributed by atoms with van der Waals surface area (Å²) >= 11 is 0. The van der Waals surface area contributed by atoms with Gasteiger partial charge < -0.3 is 11.5 Å². The summed E-state index contributed by atoms with van der Waals surface area (Å²) < 4.78 is 0. The Morgan fingerprint density at radius 1 is 0.857 bits per heavy atom. The smallest absolute Gasteiger partial charge is 0.00460 e. The van der Waals surface area contributed by atoms with Crippen molar-refractivity contribution in [3.05, 3.63) is 0 Å². The molecule has 0 aliphatic heterocycles. The van der Waals surface area contributed by atoms with Gasteiger partial charge in [0.1, 0.15) is 0 Å². The Morgan fingerprint density at radius 2 is 1.64 bits per heavy atom. The van der Waals surface area contributed by atoms with Crippen molar-refractivity contribution < 1.29 is 0 Å². The molecule has 3 rings (SSSR count). The van der Waals surface area contributed by atoms with Gasteiger partial charge in [-0.15, -0.1) is 0 Å². The third-order valence-electron chi connectivity index (χ3n) is 5.40. The van der Waals surface area contributed by atoms with Crippen LogP contribution in [0.4, 0.5) is 0 Å². The third-order valence-corrected chi connectivity index (χ3v) is 5.40. The second-order valence-electron chi connectivity index (χ2n) is 5.71. The topological polar surface area (TPSA) is 52.0 Å². The summed E-state index contributed by atoms with van der Waals surface area (Å²) in [5.41, 5.74) is 11.7. The lowest BCUT2D eigenvalue weighted by Crippen LogP contribution is -2.32. The normalized spacial score (nSPS) is 55.3. The first-order chi connectivity index (χ1) is 6.85. The fraction of sp³-hybridized carbons (Fsp3) is 1.00. The van der Waals surface area contributed by atoms with Gasteiger partial charge in [-0.05, 0) is 74.3 Å². The summed E-state index contributed by atoms with van der Waals surface area (Å²) in [6, 6.07) is 0. The predicted molar refractivity (Wildman–Crippen MR) is 57.5 cm³/mol. The molecule has 0 heterocycles. The monoisotopic (exact) mass is 194 g/mol. The molecule has 2 heteroatoms. The molecule has 4 unspecified atom stereocenters. The van der Waals surface area contributed by atoms with E-state index < -0.39 is 0 Å². The Labute approximate surface area is 86.4 Å². The highest BCUT2D eigenvalue weighted by atomic mass is 14.7. The molecule has 0 radical (unpaired) electrons. The molecule has 0 aromatic carbocycles. The second-order valence-corrected chi connectivity index (χ2v) is 5.71. The van der Waals surface area contributed by atoms with Gasteiger partial charge in [-0.2, -0.15) is 0 Å². The van der Waals surface area contributed by atoms with E-state index in [2.05, 4.69) is 0 Å². The lowest BCUT2D eigenvalue weighted by Gasteiger charge is -2.33. The molecule has 0 saturated heterocycles. The Balaban J connectivity index is 1.80. The fourth-order valence-corrected chi connectivity index (χ4v) is 4.96. The van der Waals surface area contributed by atoms with Crippen LogP contribution in [0, 0.1) is 35.5 Å².